The van der Waals surface area contributed by atoms with Gasteiger partial charge in [0.15, 0.2) is 11.8 Å². The Labute approximate surface area is 374 Å². The highest BCUT2D eigenvalue weighted by Crippen LogP contribution is 2.28. The average molecular weight is 881 g/mol. The fourth-order valence-corrected chi connectivity index (χ4v) is 6.46. The topological polar surface area (TPSA) is 219 Å². The van der Waals surface area contributed by atoms with E-state index in [1.807, 2.05) is 47.6 Å². The molecule has 8 atom stereocenters. The Morgan fingerprint density at radius 1 is 0.921 bits per heavy atom. The summed E-state index contributed by atoms with van der Waals surface area (Å²) in [6, 6.07) is 2.91. The second-order valence-electron chi connectivity index (χ2n) is 17.7. The predicted molar refractivity (Wildman–Crippen MR) is 241 cm³/mol. The number of carbonyl (C=O) groups is 7. The Kier molecular flexibility index (Phi) is 22.5. The first-order valence-corrected chi connectivity index (χ1v) is 21.5. The minimum atomic E-state index is -1.26. The van der Waals surface area contributed by atoms with E-state index in [1.54, 1.807) is 65.0 Å². The van der Waals surface area contributed by atoms with Crippen molar-refractivity contribution in [2.75, 3.05) is 20.6 Å². The molecule has 0 aliphatic carbocycles. The van der Waals surface area contributed by atoms with Crippen LogP contribution >= 0.6 is 0 Å². The summed E-state index contributed by atoms with van der Waals surface area (Å²) in [6.07, 6.45) is 2.87. The molecule has 0 fully saturated rings. The highest BCUT2D eigenvalue weighted by Gasteiger charge is 2.36. The number of allylic oxidation sites excluding steroid dienone is 2. The molecule has 4 amide bonds. The Hall–Kier alpha value is -5.56. The maximum absolute atomic E-state index is 14.0. The zero-order valence-corrected chi connectivity index (χ0v) is 39.7. The van der Waals surface area contributed by atoms with Gasteiger partial charge in [0.1, 0.15) is 29.8 Å². The summed E-state index contributed by atoms with van der Waals surface area (Å²) in [5.41, 5.74) is 6.92. The average Bonchev–Trinajstić information content (AvgIpc) is 3.22. The first kappa shape index (κ1) is 55.5. The lowest BCUT2D eigenvalue weighted by atomic mass is 9.84. The van der Waals surface area contributed by atoms with Crippen molar-refractivity contribution in [1.29, 1.82) is 0 Å². The molecular formula is C47H72N6O10. The van der Waals surface area contributed by atoms with E-state index in [9.17, 15) is 38.7 Å². The van der Waals surface area contributed by atoms with E-state index in [0.717, 1.165) is 10.5 Å². The van der Waals surface area contributed by atoms with Crippen LogP contribution in [0.3, 0.4) is 0 Å². The van der Waals surface area contributed by atoms with Crippen molar-refractivity contribution in [3.05, 3.63) is 64.5 Å². The quantitative estimate of drug-likeness (QED) is 0.0448. The molecule has 0 bridgehead atoms. The van der Waals surface area contributed by atoms with Crippen LogP contribution in [0.2, 0.25) is 0 Å². The largest absolute Gasteiger partial charge is 0.480 e. The van der Waals surface area contributed by atoms with Crippen molar-refractivity contribution < 1.29 is 48.1 Å². The minimum absolute atomic E-state index is 0.0141. The van der Waals surface area contributed by atoms with Gasteiger partial charge >= 0.3 is 17.9 Å². The molecule has 0 aliphatic heterocycles. The Morgan fingerprint density at radius 3 is 2.00 bits per heavy atom. The summed E-state index contributed by atoms with van der Waals surface area (Å²) in [5.74, 6) is -5.79. The summed E-state index contributed by atoms with van der Waals surface area (Å²) in [5, 5.41) is 14.8. The molecule has 16 nitrogen and oxygen atoms in total. The molecular weight excluding hydrogens is 809 g/mol. The zero-order chi connectivity index (χ0) is 48.5. The number of aliphatic carboxylic acids is 1. The predicted octanol–water partition coefficient (Wildman–Crippen LogP) is 5.37. The van der Waals surface area contributed by atoms with Gasteiger partial charge in [-0.25, -0.2) is 14.4 Å². The first-order chi connectivity index (χ1) is 29.2. The number of ether oxygens (including phenoxy) is 2. The Balaban J connectivity index is 3.26. The standard InChI is InChI=1S/C47H72N6O10/c1-16-28(5)39(44(58)59)51-38(54)26-52(14)43(57)36(25-34-20-22-35(49-13)23-21-34)53(15)42(56)33(10)50-41(55)37(24-27(3)4)62-45(60)31(8)19-18-30(7)32(9)40(29(6)17-2)63-46(61)47(11,12)48/h17,19-23,27-28,30,32-33,36-37,39-40H,16,18,24-26,48H2,1-12,14-15H3,(H,50,55)(H,51,54)(H,58,59)/b29-17+,31-19+/t28?,30-,32-,33-,36+,37+,39-,40+/m0/s1. The van der Waals surface area contributed by atoms with Gasteiger partial charge in [-0.05, 0) is 89.2 Å². The maximum atomic E-state index is 14.0. The number of amides is 4. The summed E-state index contributed by atoms with van der Waals surface area (Å²) >= 11 is 0. The van der Waals surface area contributed by atoms with Crippen LogP contribution in [0.15, 0.2) is 47.6 Å². The molecule has 0 saturated carbocycles. The number of carboxylic acid groups (broad SMARTS) is 1. The van der Waals surface area contributed by atoms with Crippen molar-refractivity contribution in [1.82, 2.24) is 20.4 Å². The monoisotopic (exact) mass is 881 g/mol. The number of benzene rings is 1. The van der Waals surface area contributed by atoms with Crippen LogP contribution in [0.4, 0.5) is 5.69 Å². The van der Waals surface area contributed by atoms with Crippen LogP contribution in [0.25, 0.3) is 4.85 Å². The molecule has 0 radical (unpaired) electrons. The van der Waals surface area contributed by atoms with Gasteiger partial charge in [0.05, 0.1) is 13.1 Å². The van der Waals surface area contributed by atoms with Crippen LogP contribution in [0.5, 0.6) is 0 Å². The van der Waals surface area contributed by atoms with Gasteiger partial charge in [-0.3, -0.25) is 24.0 Å². The van der Waals surface area contributed by atoms with Crippen molar-refractivity contribution >= 4 is 47.2 Å². The van der Waals surface area contributed by atoms with Crippen molar-refractivity contribution in [2.45, 2.75) is 145 Å². The number of carbonyl (C=O) groups excluding carboxylic acids is 6. The van der Waals surface area contributed by atoms with E-state index in [1.165, 1.54) is 25.9 Å². The molecule has 0 spiro atoms. The summed E-state index contributed by atoms with van der Waals surface area (Å²) in [6.45, 7) is 27.8. The van der Waals surface area contributed by atoms with Crippen LogP contribution in [0, 0.1) is 30.2 Å². The van der Waals surface area contributed by atoms with E-state index < -0.39 is 84.0 Å². The molecule has 1 rings (SSSR count). The lowest BCUT2D eigenvalue weighted by Crippen LogP contribution is -2.56. The molecule has 5 N–H and O–H groups in total. The molecule has 63 heavy (non-hydrogen) atoms. The van der Waals surface area contributed by atoms with Gasteiger partial charge in [-0.2, -0.15) is 0 Å². The smallest absolute Gasteiger partial charge is 0.334 e. The number of nitrogens with two attached hydrogens (primary N) is 1. The molecule has 350 valence electrons. The Morgan fingerprint density at radius 2 is 1.51 bits per heavy atom. The lowest BCUT2D eigenvalue weighted by molar-refractivity contribution is -0.155. The third-order valence-corrected chi connectivity index (χ3v) is 11.3. The third-order valence-electron chi connectivity index (χ3n) is 11.3. The van der Waals surface area contributed by atoms with Crippen LogP contribution < -0.4 is 16.4 Å². The molecule has 1 unspecified atom stereocenters. The molecule has 1 aromatic carbocycles. The summed E-state index contributed by atoms with van der Waals surface area (Å²) < 4.78 is 11.6. The number of rotatable bonds is 24. The second-order valence-corrected chi connectivity index (χ2v) is 17.7. The van der Waals surface area contributed by atoms with Crippen molar-refractivity contribution in [3.8, 4) is 0 Å². The summed E-state index contributed by atoms with van der Waals surface area (Å²) in [7, 11) is 2.76. The van der Waals surface area contributed by atoms with E-state index in [0.29, 0.717) is 24.1 Å². The van der Waals surface area contributed by atoms with Gasteiger partial charge in [0.25, 0.3) is 5.91 Å². The van der Waals surface area contributed by atoms with E-state index >= 15 is 0 Å². The van der Waals surface area contributed by atoms with Crippen LogP contribution in [-0.4, -0.2) is 113 Å². The van der Waals surface area contributed by atoms with E-state index in [4.69, 9.17) is 21.8 Å². The molecule has 0 aromatic heterocycles. The number of likely N-dealkylation sites (N-methyl/N-ethyl adjacent to an activating group) is 2. The fourth-order valence-electron chi connectivity index (χ4n) is 6.46. The summed E-state index contributed by atoms with van der Waals surface area (Å²) in [4.78, 5) is 98.2. The Bertz CT molecular complexity index is 1860. The van der Waals surface area contributed by atoms with E-state index in [-0.39, 0.29) is 42.1 Å². The molecule has 0 aliphatic rings. The van der Waals surface area contributed by atoms with Crippen LogP contribution in [-0.2, 0) is 49.5 Å². The molecule has 0 saturated heterocycles. The zero-order valence-electron chi connectivity index (χ0n) is 39.7. The van der Waals surface area contributed by atoms with Gasteiger partial charge in [0, 0.05) is 26.1 Å². The van der Waals surface area contributed by atoms with Crippen LogP contribution in [0.1, 0.15) is 108 Å². The molecule has 0 heterocycles. The first-order valence-electron chi connectivity index (χ1n) is 21.5. The highest BCUT2D eigenvalue weighted by atomic mass is 16.6. The normalized spacial score (nSPS) is 15.9. The second kappa shape index (κ2) is 25.5. The van der Waals surface area contributed by atoms with Gasteiger partial charge in [-0.15, -0.1) is 0 Å². The number of esters is 2. The highest BCUT2D eigenvalue weighted by molar-refractivity contribution is 5.95. The van der Waals surface area contributed by atoms with Crippen molar-refractivity contribution in [2.24, 2.45) is 29.4 Å². The number of carboxylic acids is 1. The van der Waals surface area contributed by atoms with Gasteiger partial charge < -0.3 is 40.7 Å². The molecule has 1 aromatic rings. The number of nitrogens with one attached hydrogen (secondary N) is 2. The van der Waals surface area contributed by atoms with Gasteiger partial charge in [0.2, 0.25) is 17.7 Å². The van der Waals surface area contributed by atoms with Gasteiger partial charge in [-0.1, -0.05) is 84.4 Å². The van der Waals surface area contributed by atoms with Crippen molar-refractivity contribution in [3.63, 3.8) is 0 Å². The number of hydrogen-bond acceptors (Lipinski definition) is 10. The minimum Gasteiger partial charge on any atom is -0.480 e. The number of hydrogen-bond donors (Lipinski definition) is 4. The lowest BCUT2D eigenvalue weighted by Gasteiger charge is -2.33. The molecule has 16 heteroatoms. The van der Waals surface area contributed by atoms with E-state index in [2.05, 4.69) is 15.5 Å². The SMILES string of the molecule is [C-]#[N+]c1ccc(C[C@H](C(=O)N(C)CC(=O)N[C@H](C(=O)O)C(C)CC)N(C)C(=O)[C@H](C)NC(=O)[C@@H](CC(C)C)OC(=O)/C(C)=C/C[C@H](C)[C@H](C)[C@H](OC(=O)C(C)(C)N)/C(C)=C/C)cc1. The fraction of sp³-hybridized carbons (Fsp3) is 0.617. The maximum Gasteiger partial charge on any atom is 0.334 e. The number of nitrogens with zero attached hydrogens (tertiary/aromatic N) is 3. The third kappa shape index (κ3) is 17.6.